The van der Waals surface area contributed by atoms with Crippen molar-refractivity contribution in [2.24, 2.45) is 0 Å². The number of fused-ring (bicyclic) bond motifs is 4. The summed E-state index contributed by atoms with van der Waals surface area (Å²) in [5.41, 5.74) is 19.4. The van der Waals surface area contributed by atoms with Gasteiger partial charge in [-0.15, -0.1) is 0 Å². The first kappa shape index (κ1) is 31.4. The van der Waals surface area contributed by atoms with Crippen LogP contribution >= 0.6 is 0 Å². The molecule has 0 fully saturated rings. The van der Waals surface area contributed by atoms with Crippen molar-refractivity contribution in [3.63, 3.8) is 0 Å². The number of anilines is 3. The van der Waals surface area contributed by atoms with E-state index in [2.05, 4.69) is 209 Å². The Kier molecular flexibility index (Phi) is 6.35. The Morgan fingerprint density at radius 3 is 1.63 bits per heavy atom. The predicted octanol–water partition coefficient (Wildman–Crippen LogP) is 13.6. The van der Waals surface area contributed by atoms with E-state index in [4.69, 9.17) is 0 Å². The van der Waals surface area contributed by atoms with Crippen molar-refractivity contribution in [1.29, 1.82) is 0 Å². The number of hydrogen-bond acceptors (Lipinski definition) is 1. The van der Waals surface area contributed by atoms with Gasteiger partial charge in [-0.3, -0.25) is 0 Å². The summed E-state index contributed by atoms with van der Waals surface area (Å²) in [4.78, 5) is 2.47. The lowest BCUT2D eigenvalue weighted by Crippen LogP contribution is -2.30. The third-order valence-corrected chi connectivity index (χ3v) is 13.1. The van der Waals surface area contributed by atoms with Crippen molar-refractivity contribution >= 4 is 27.8 Å². The van der Waals surface area contributed by atoms with Crippen LogP contribution in [0, 0.1) is 0 Å². The molecule has 0 unspecified atom stereocenters. The summed E-state index contributed by atoms with van der Waals surface area (Å²) in [6.45, 7) is 9.50. The van der Waals surface area contributed by atoms with Crippen LogP contribution in [-0.2, 0) is 16.2 Å². The first-order valence-electron chi connectivity index (χ1n) is 19.3. The van der Waals surface area contributed by atoms with Crippen LogP contribution in [-0.4, -0.2) is 0 Å². The molecule has 3 aliphatic rings. The lowest BCUT2D eigenvalue weighted by molar-refractivity contribution is 0.652. The van der Waals surface area contributed by atoms with Crippen LogP contribution in [0.4, 0.5) is 17.1 Å². The molecule has 1 heteroatoms. The summed E-state index contributed by atoms with van der Waals surface area (Å²) in [7, 11) is 0. The maximum atomic E-state index is 2.47. The van der Waals surface area contributed by atoms with Crippen LogP contribution in [0.1, 0.15) is 72.2 Å². The molecule has 11 rings (SSSR count). The average molecular weight is 692 g/mol. The maximum absolute atomic E-state index is 2.47. The van der Waals surface area contributed by atoms with Crippen molar-refractivity contribution in [3.05, 3.63) is 220 Å². The third-order valence-electron chi connectivity index (χ3n) is 13.1. The first-order valence-corrected chi connectivity index (χ1v) is 19.3. The van der Waals surface area contributed by atoms with Gasteiger partial charge in [0.1, 0.15) is 0 Å². The molecule has 0 aromatic heterocycles. The van der Waals surface area contributed by atoms with Gasteiger partial charge in [0.15, 0.2) is 0 Å². The van der Waals surface area contributed by atoms with Gasteiger partial charge in [0, 0.05) is 27.6 Å². The molecule has 0 heterocycles. The minimum atomic E-state index is -0.430. The second-order valence-corrected chi connectivity index (χ2v) is 16.5. The molecule has 54 heavy (non-hydrogen) atoms. The zero-order valence-electron chi connectivity index (χ0n) is 31.2. The molecule has 0 spiro atoms. The minimum Gasteiger partial charge on any atom is -0.310 e. The van der Waals surface area contributed by atoms with Crippen molar-refractivity contribution in [1.82, 2.24) is 0 Å². The molecule has 0 atom stereocenters. The molecule has 8 aromatic rings. The van der Waals surface area contributed by atoms with E-state index in [1.54, 1.807) is 0 Å². The monoisotopic (exact) mass is 691 g/mol. The van der Waals surface area contributed by atoms with Crippen molar-refractivity contribution < 1.29 is 0 Å². The van der Waals surface area contributed by atoms with Crippen LogP contribution in [0.3, 0.4) is 0 Å². The highest BCUT2D eigenvalue weighted by molar-refractivity contribution is 6.00. The van der Waals surface area contributed by atoms with Gasteiger partial charge in [0.05, 0.1) is 11.1 Å². The van der Waals surface area contributed by atoms with Crippen LogP contribution in [0.2, 0.25) is 0 Å². The summed E-state index contributed by atoms with van der Waals surface area (Å²) >= 11 is 0. The molecule has 0 saturated heterocycles. The van der Waals surface area contributed by atoms with E-state index in [0.29, 0.717) is 0 Å². The molecule has 258 valence electrons. The van der Waals surface area contributed by atoms with Crippen LogP contribution in [0.5, 0.6) is 0 Å². The van der Waals surface area contributed by atoms with Gasteiger partial charge < -0.3 is 4.90 Å². The Labute approximate surface area is 318 Å². The Balaban J connectivity index is 1.13. The van der Waals surface area contributed by atoms with Crippen molar-refractivity contribution in [3.8, 4) is 22.3 Å². The Morgan fingerprint density at radius 2 is 0.889 bits per heavy atom. The Bertz CT molecular complexity index is 2760. The molecular weight excluding hydrogens is 651 g/mol. The summed E-state index contributed by atoms with van der Waals surface area (Å²) in [5.74, 6) is 0. The van der Waals surface area contributed by atoms with E-state index < -0.39 is 5.41 Å². The second kappa shape index (κ2) is 10.9. The molecule has 1 nitrogen and oxygen atoms in total. The second-order valence-electron chi connectivity index (χ2n) is 16.5. The van der Waals surface area contributed by atoms with Gasteiger partial charge in [0.2, 0.25) is 0 Å². The van der Waals surface area contributed by atoms with E-state index in [-0.39, 0.29) is 10.8 Å². The fraction of sp³-hybridized carbons (Fsp3) is 0.132. The molecule has 0 saturated carbocycles. The topological polar surface area (TPSA) is 3.24 Å². The fourth-order valence-electron chi connectivity index (χ4n) is 10.6. The molecule has 0 amide bonds. The number of nitrogens with zero attached hydrogens (tertiary/aromatic N) is 1. The highest BCUT2D eigenvalue weighted by Gasteiger charge is 2.52. The predicted molar refractivity (Wildman–Crippen MR) is 226 cm³/mol. The largest absolute Gasteiger partial charge is 0.310 e. The van der Waals surface area contributed by atoms with E-state index >= 15 is 0 Å². The van der Waals surface area contributed by atoms with Gasteiger partial charge >= 0.3 is 0 Å². The smallest absolute Gasteiger partial charge is 0.0713 e. The Morgan fingerprint density at radius 1 is 0.370 bits per heavy atom. The van der Waals surface area contributed by atoms with E-state index in [9.17, 15) is 0 Å². The van der Waals surface area contributed by atoms with E-state index in [1.165, 1.54) is 88.9 Å². The van der Waals surface area contributed by atoms with Gasteiger partial charge in [-0.1, -0.05) is 173 Å². The summed E-state index contributed by atoms with van der Waals surface area (Å²) in [6.07, 6.45) is 0. The zero-order chi connectivity index (χ0) is 36.4. The third kappa shape index (κ3) is 3.94. The SMILES string of the molecule is CC1(C)c2ccccc2-c2ccc(N(c3ccc(C4(c5ccccc5)c5cccc6c5-c5c(cccc54)C6(C)C)cc3)c3cccc4ccccc34)cc21. The number of hydrogen-bond donors (Lipinski definition) is 0. The normalized spacial score (nSPS) is 15.9. The van der Waals surface area contributed by atoms with Gasteiger partial charge in [-0.25, -0.2) is 0 Å². The van der Waals surface area contributed by atoms with E-state index in [1.807, 2.05) is 0 Å². The molecule has 3 aliphatic carbocycles. The first-order chi connectivity index (χ1) is 26.3. The Hall–Kier alpha value is -6.18. The molecular formula is C53H41N. The van der Waals surface area contributed by atoms with Gasteiger partial charge in [-0.2, -0.15) is 0 Å². The highest BCUT2D eigenvalue weighted by atomic mass is 15.1. The van der Waals surface area contributed by atoms with Crippen molar-refractivity contribution in [2.75, 3.05) is 4.90 Å². The number of benzene rings is 8. The fourth-order valence-corrected chi connectivity index (χ4v) is 10.6. The zero-order valence-corrected chi connectivity index (χ0v) is 31.2. The van der Waals surface area contributed by atoms with Crippen molar-refractivity contribution in [2.45, 2.75) is 43.9 Å². The molecule has 8 aromatic carbocycles. The quantitative estimate of drug-likeness (QED) is 0.174. The van der Waals surface area contributed by atoms with Crippen LogP contribution in [0.15, 0.2) is 176 Å². The molecule has 0 aliphatic heterocycles. The highest BCUT2D eigenvalue weighted by Crippen LogP contribution is 2.64. The lowest BCUT2D eigenvalue weighted by Gasteiger charge is -2.36. The summed E-state index contributed by atoms with van der Waals surface area (Å²) in [6, 6.07) is 66.2. The van der Waals surface area contributed by atoms with Crippen LogP contribution in [0.25, 0.3) is 33.0 Å². The molecule has 0 radical (unpaired) electrons. The maximum Gasteiger partial charge on any atom is 0.0713 e. The van der Waals surface area contributed by atoms with Gasteiger partial charge in [0.25, 0.3) is 0 Å². The lowest BCUT2D eigenvalue weighted by atomic mass is 9.66. The summed E-state index contributed by atoms with van der Waals surface area (Å²) in [5, 5.41) is 2.47. The number of rotatable bonds is 5. The minimum absolute atomic E-state index is 0.0336. The standard InChI is InChI=1S/C53H41N/c1-51(2)42-21-11-10-20-40(42)41-32-31-38(33-47(41)51)54(48-26-12-16-34-15-8-9-19-39(34)48)37-29-27-36(28-30-37)53(35-17-6-5-7-18-35)45-24-13-22-43-49(45)50-44(52(43,3)4)23-14-25-46(50)53/h5-33H,1-4H3. The van der Waals surface area contributed by atoms with Gasteiger partial charge in [-0.05, 0) is 102 Å². The van der Waals surface area contributed by atoms with E-state index in [0.717, 1.165) is 5.69 Å². The molecule has 0 N–H and O–H groups in total. The summed E-state index contributed by atoms with van der Waals surface area (Å²) < 4.78 is 0. The molecule has 0 bridgehead atoms. The van der Waals surface area contributed by atoms with Crippen LogP contribution < -0.4 is 4.90 Å². The average Bonchev–Trinajstić information content (AvgIpc) is 3.74.